The number of rotatable bonds is 4. The van der Waals surface area contributed by atoms with Gasteiger partial charge in [0, 0.05) is 48.3 Å². The van der Waals surface area contributed by atoms with E-state index < -0.39 is 0 Å². The number of fused-ring (bicyclic) bond motifs is 3. The van der Waals surface area contributed by atoms with Gasteiger partial charge in [-0.1, -0.05) is 35.5 Å². The summed E-state index contributed by atoms with van der Waals surface area (Å²) >= 11 is 0. The van der Waals surface area contributed by atoms with Gasteiger partial charge in [0.1, 0.15) is 5.76 Å². The molecule has 33 heavy (non-hydrogen) atoms. The van der Waals surface area contributed by atoms with Crippen LogP contribution in [0.2, 0.25) is 0 Å². The molecular weight excluding hydrogens is 412 g/mol. The lowest BCUT2D eigenvalue weighted by atomic mass is 9.86. The van der Waals surface area contributed by atoms with Crippen LogP contribution in [0.4, 0.5) is 0 Å². The average molecular weight is 439 g/mol. The molecule has 1 aliphatic heterocycles. The Morgan fingerprint density at radius 3 is 2.58 bits per heavy atom. The molecule has 0 saturated carbocycles. The van der Waals surface area contributed by atoms with Crippen molar-refractivity contribution in [3.63, 3.8) is 0 Å². The number of pyridine rings is 2. The van der Waals surface area contributed by atoms with Gasteiger partial charge in [-0.15, -0.1) is 0 Å². The van der Waals surface area contributed by atoms with E-state index in [4.69, 9.17) is 14.2 Å². The predicted molar refractivity (Wildman–Crippen MR) is 128 cm³/mol. The van der Waals surface area contributed by atoms with Crippen LogP contribution in [-0.4, -0.2) is 32.9 Å². The van der Waals surface area contributed by atoms with Crippen LogP contribution in [0.25, 0.3) is 33.1 Å². The SMILES string of the molecule is Cc1noc(C)c1-c1cnc2c3cnccc3n(C(c3ccccc3)C3CCOCC3)c2c1. The largest absolute Gasteiger partial charge is 0.381 e. The molecule has 0 amide bonds. The maximum Gasteiger partial charge on any atom is 0.141 e. The lowest BCUT2D eigenvalue weighted by Crippen LogP contribution is -2.26. The molecule has 1 saturated heterocycles. The van der Waals surface area contributed by atoms with E-state index in [9.17, 15) is 0 Å². The first-order valence-electron chi connectivity index (χ1n) is 11.5. The average Bonchev–Trinajstić information content (AvgIpc) is 3.37. The van der Waals surface area contributed by atoms with Crippen molar-refractivity contribution in [2.45, 2.75) is 32.7 Å². The molecule has 1 aromatic carbocycles. The summed E-state index contributed by atoms with van der Waals surface area (Å²) in [5.74, 6) is 1.28. The Morgan fingerprint density at radius 2 is 1.82 bits per heavy atom. The van der Waals surface area contributed by atoms with Crippen LogP contribution in [0.3, 0.4) is 0 Å². The molecule has 6 rings (SSSR count). The van der Waals surface area contributed by atoms with Crippen LogP contribution in [0, 0.1) is 19.8 Å². The third-order valence-corrected chi connectivity index (χ3v) is 6.89. The molecule has 0 spiro atoms. The van der Waals surface area contributed by atoms with E-state index in [1.807, 2.05) is 32.4 Å². The first-order valence-corrected chi connectivity index (χ1v) is 11.5. The summed E-state index contributed by atoms with van der Waals surface area (Å²) < 4.78 is 13.7. The Bertz CT molecular complexity index is 1410. The monoisotopic (exact) mass is 438 g/mol. The van der Waals surface area contributed by atoms with Gasteiger partial charge in [0.05, 0.1) is 28.3 Å². The third-order valence-electron chi connectivity index (χ3n) is 6.89. The first-order chi connectivity index (χ1) is 16.2. The predicted octanol–water partition coefficient (Wildman–Crippen LogP) is 5.87. The highest BCUT2D eigenvalue weighted by molar-refractivity contribution is 6.06. The van der Waals surface area contributed by atoms with Gasteiger partial charge >= 0.3 is 0 Å². The van der Waals surface area contributed by atoms with Gasteiger partial charge in [0.15, 0.2) is 0 Å². The van der Waals surface area contributed by atoms with Crippen LogP contribution in [-0.2, 0) is 4.74 Å². The van der Waals surface area contributed by atoms with Crippen LogP contribution < -0.4 is 0 Å². The van der Waals surface area contributed by atoms with Crippen LogP contribution in [0.5, 0.6) is 0 Å². The second kappa shape index (κ2) is 8.12. The fourth-order valence-corrected chi connectivity index (χ4v) is 5.40. The summed E-state index contributed by atoms with van der Waals surface area (Å²) in [5.41, 5.74) is 7.46. The van der Waals surface area contributed by atoms with Gasteiger partial charge in [0.2, 0.25) is 0 Å². The fraction of sp³-hybridized carbons (Fsp3) is 0.296. The standard InChI is InChI=1S/C27H26N4O2/c1-17-25(18(2)33-30-17)21-14-24-26(29-15-21)22-16-28-11-8-23(22)31(24)27(19-6-4-3-5-7-19)20-9-12-32-13-10-20/h3-8,11,14-16,20,27H,9-10,12-13H2,1-2H3. The van der Waals surface area contributed by atoms with Crippen LogP contribution in [0.1, 0.15) is 35.9 Å². The van der Waals surface area contributed by atoms with Gasteiger partial charge in [0.25, 0.3) is 0 Å². The molecule has 1 unspecified atom stereocenters. The van der Waals surface area contributed by atoms with Gasteiger partial charge in [-0.05, 0) is 50.3 Å². The quantitative estimate of drug-likeness (QED) is 0.351. The lowest BCUT2D eigenvalue weighted by molar-refractivity contribution is 0.0553. The molecule has 0 radical (unpaired) electrons. The zero-order valence-corrected chi connectivity index (χ0v) is 18.9. The molecular formula is C27H26N4O2. The maximum atomic E-state index is 5.72. The van der Waals surface area contributed by atoms with Crippen molar-refractivity contribution in [3.8, 4) is 11.1 Å². The zero-order chi connectivity index (χ0) is 22.4. The molecule has 4 aromatic heterocycles. The molecule has 0 bridgehead atoms. The summed E-state index contributed by atoms with van der Waals surface area (Å²) in [5, 5.41) is 5.24. The molecule has 0 aliphatic carbocycles. The number of nitrogens with zero attached hydrogens (tertiary/aromatic N) is 4. The normalized spacial score (nSPS) is 15.9. The van der Waals surface area contributed by atoms with E-state index in [0.717, 1.165) is 70.6 Å². The highest BCUT2D eigenvalue weighted by Crippen LogP contribution is 2.41. The highest BCUT2D eigenvalue weighted by atomic mass is 16.5. The van der Waals surface area contributed by atoms with E-state index in [-0.39, 0.29) is 6.04 Å². The van der Waals surface area contributed by atoms with Gasteiger partial charge < -0.3 is 13.8 Å². The van der Waals surface area contributed by atoms with Crippen LogP contribution >= 0.6 is 0 Å². The van der Waals surface area contributed by atoms with Crippen molar-refractivity contribution in [2.24, 2.45) is 5.92 Å². The van der Waals surface area contributed by atoms with Crippen molar-refractivity contribution < 1.29 is 9.26 Å². The molecule has 0 N–H and O–H groups in total. The zero-order valence-electron chi connectivity index (χ0n) is 18.9. The topological polar surface area (TPSA) is 66.0 Å². The van der Waals surface area contributed by atoms with Gasteiger partial charge in [-0.25, -0.2) is 0 Å². The van der Waals surface area contributed by atoms with E-state index in [0.29, 0.717) is 5.92 Å². The minimum atomic E-state index is 0.180. The number of aromatic nitrogens is 4. The number of aryl methyl sites for hydroxylation is 2. The summed E-state index contributed by atoms with van der Waals surface area (Å²) in [7, 11) is 0. The Kier molecular flexibility index (Phi) is 4.95. The molecule has 1 fully saturated rings. The van der Waals surface area contributed by atoms with E-state index in [2.05, 4.69) is 57.2 Å². The summed E-state index contributed by atoms with van der Waals surface area (Å²) in [6, 6.07) is 15.4. The molecule has 6 heteroatoms. The van der Waals surface area contributed by atoms with Crippen molar-refractivity contribution in [1.29, 1.82) is 0 Å². The number of ether oxygens (including phenoxy) is 1. The summed E-state index contributed by atoms with van der Waals surface area (Å²) in [6.45, 7) is 5.53. The Labute approximate surface area is 192 Å². The van der Waals surface area contributed by atoms with Gasteiger partial charge in [-0.3, -0.25) is 9.97 Å². The van der Waals surface area contributed by atoms with Crippen molar-refractivity contribution in [3.05, 3.63) is 78.1 Å². The first kappa shape index (κ1) is 20.1. The van der Waals surface area contributed by atoms with Crippen molar-refractivity contribution >= 4 is 21.9 Å². The van der Waals surface area contributed by atoms with E-state index in [1.165, 1.54) is 5.56 Å². The minimum Gasteiger partial charge on any atom is -0.381 e. The second-order valence-corrected chi connectivity index (χ2v) is 8.86. The number of hydrogen-bond acceptors (Lipinski definition) is 5. The van der Waals surface area contributed by atoms with Crippen LogP contribution in [0.15, 0.2) is 65.6 Å². The molecule has 1 atom stereocenters. The number of hydrogen-bond donors (Lipinski definition) is 0. The Morgan fingerprint density at radius 1 is 1.00 bits per heavy atom. The third kappa shape index (κ3) is 3.33. The number of benzene rings is 1. The van der Waals surface area contributed by atoms with Crippen molar-refractivity contribution in [2.75, 3.05) is 13.2 Å². The van der Waals surface area contributed by atoms with E-state index >= 15 is 0 Å². The minimum absolute atomic E-state index is 0.180. The Balaban J connectivity index is 1.65. The molecule has 166 valence electrons. The van der Waals surface area contributed by atoms with Gasteiger partial charge in [-0.2, -0.15) is 0 Å². The lowest BCUT2D eigenvalue weighted by Gasteiger charge is -2.33. The van der Waals surface area contributed by atoms with Crippen molar-refractivity contribution in [1.82, 2.24) is 19.7 Å². The summed E-state index contributed by atoms with van der Waals surface area (Å²) in [4.78, 5) is 9.36. The summed E-state index contributed by atoms with van der Waals surface area (Å²) in [6.07, 6.45) is 7.80. The van der Waals surface area contributed by atoms with E-state index in [1.54, 1.807) is 0 Å². The second-order valence-electron chi connectivity index (χ2n) is 8.86. The molecule has 5 heterocycles. The molecule has 1 aliphatic rings. The molecule has 5 aromatic rings. The fourth-order valence-electron chi connectivity index (χ4n) is 5.40. The Hall–Kier alpha value is -3.51. The molecule has 6 nitrogen and oxygen atoms in total. The highest BCUT2D eigenvalue weighted by Gasteiger charge is 2.30. The smallest absolute Gasteiger partial charge is 0.141 e. The maximum absolute atomic E-state index is 5.72.